The monoisotopic (exact) mass is 297 g/mol. The molecular weight excluding hydrogens is 266 g/mol. The van der Waals surface area contributed by atoms with Crippen molar-refractivity contribution in [3.8, 4) is 0 Å². The predicted molar refractivity (Wildman–Crippen MR) is 84.4 cm³/mol. The Kier molecular flexibility index (Phi) is 6.02. The van der Waals surface area contributed by atoms with Gasteiger partial charge in [-0.3, -0.25) is 14.6 Å². The molecule has 5 nitrogen and oxygen atoms in total. The molecule has 2 atom stereocenters. The molecule has 21 heavy (non-hydrogen) atoms. The Balaban J connectivity index is 1.99. The van der Waals surface area contributed by atoms with Gasteiger partial charge in [-0.2, -0.15) is 0 Å². The Morgan fingerprint density at radius 2 is 2.05 bits per heavy atom. The molecule has 122 valence electrons. The second-order valence-corrected chi connectivity index (χ2v) is 6.50. The largest absolute Gasteiger partial charge is 0.465 e. The third-order valence-electron chi connectivity index (χ3n) is 4.72. The van der Waals surface area contributed by atoms with Crippen LogP contribution in [0, 0.1) is 0 Å². The molecule has 2 unspecified atom stereocenters. The topological polar surface area (TPSA) is 44.8 Å². The minimum Gasteiger partial charge on any atom is -0.465 e. The summed E-state index contributed by atoms with van der Waals surface area (Å²) in [6.45, 7) is 12.5. The summed E-state index contributed by atoms with van der Waals surface area (Å²) in [5.41, 5.74) is -0.599. The molecule has 0 aromatic rings. The van der Waals surface area contributed by atoms with Crippen LogP contribution in [0.1, 0.15) is 40.0 Å². The first kappa shape index (κ1) is 16.7. The Morgan fingerprint density at radius 1 is 1.29 bits per heavy atom. The SMILES string of the molecule is CCNC(C)(CN1CCCN2CCCC2C1)C(=O)OCC. The highest BCUT2D eigenvalue weighted by atomic mass is 16.5. The Bertz CT molecular complexity index is 350. The average molecular weight is 297 g/mol. The van der Waals surface area contributed by atoms with Crippen LogP contribution in [0.15, 0.2) is 0 Å². The highest BCUT2D eigenvalue weighted by Gasteiger charge is 2.38. The zero-order valence-corrected chi connectivity index (χ0v) is 13.9. The van der Waals surface area contributed by atoms with Crippen molar-refractivity contribution in [3.05, 3.63) is 0 Å². The van der Waals surface area contributed by atoms with Crippen molar-refractivity contribution in [2.45, 2.75) is 51.6 Å². The summed E-state index contributed by atoms with van der Waals surface area (Å²) in [4.78, 5) is 17.4. The van der Waals surface area contributed by atoms with Crippen LogP contribution in [-0.4, -0.2) is 73.2 Å². The first-order valence-electron chi connectivity index (χ1n) is 8.47. The molecule has 2 fully saturated rings. The third-order valence-corrected chi connectivity index (χ3v) is 4.72. The molecular formula is C16H31N3O2. The number of nitrogens with zero attached hydrogens (tertiary/aromatic N) is 2. The molecule has 0 saturated carbocycles. The molecule has 5 heteroatoms. The number of fused-ring (bicyclic) bond motifs is 1. The maximum atomic E-state index is 12.3. The molecule has 0 radical (unpaired) electrons. The lowest BCUT2D eigenvalue weighted by Gasteiger charge is -2.35. The van der Waals surface area contributed by atoms with Gasteiger partial charge in [0, 0.05) is 19.1 Å². The number of carbonyl (C=O) groups is 1. The third kappa shape index (κ3) is 4.18. The normalized spacial score (nSPS) is 26.9. The van der Waals surface area contributed by atoms with Gasteiger partial charge in [-0.15, -0.1) is 0 Å². The van der Waals surface area contributed by atoms with E-state index in [2.05, 4.69) is 15.1 Å². The summed E-state index contributed by atoms with van der Waals surface area (Å²) in [6.07, 6.45) is 3.82. The number of carbonyl (C=O) groups excluding carboxylic acids is 1. The molecule has 2 heterocycles. The van der Waals surface area contributed by atoms with Crippen molar-refractivity contribution in [1.29, 1.82) is 0 Å². The summed E-state index contributed by atoms with van der Waals surface area (Å²) in [5, 5.41) is 3.34. The van der Waals surface area contributed by atoms with E-state index in [0.717, 1.165) is 26.2 Å². The van der Waals surface area contributed by atoms with Crippen LogP contribution in [0.25, 0.3) is 0 Å². The van der Waals surface area contributed by atoms with Gasteiger partial charge in [0.05, 0.1) is 6.61 Å². The first-order valence-corrected chi connectivity index (χ1v) is 8.47. The van der Waals surface area contributed by atoms with Crippen LogP contribution in [-0.2, 0) is 9.53 Å². The van der Waals surface area contributed by atoms with E-state index in [1.807, 2.05) is 20.8 Å². The van der Waals surface area contributed by atoms with Crippen molar-refractivity contribution in [2.24, 2.45) is 0 Å². The zero-order chi connectivity index (χ0) is 15.3. The summed E-state index contributed by atoms with van der Waals surface area (Å²) >= 11 is 0. The van der Waals surface area contributed by atoms with E-state index in [9.17, 15) is 4.79 Å². The number of hydrogen-bond donors (Lipinski definition) is 1. The van der Waals surface area contributed by atoms with E-state index in [4.69, 9.17) is 4.74 Å². The van der Waals surface area contributed by atoms with Crippen molar-refractivity contribution in [3.63, 3.8) is 0 Å². The molecule has 0 amide bonds. The van der Waals surface area contributed by atoms with Gasteiger partial charge >= 0.3 is 5.97 Å². The maximum absolute atomic E-state index is 12.3. The molecule has 0 bridgehead atoms. The number of hydrogen-bond acceptors (Lipinski definition) is 5. The fraction of sp³-hybridized carbons (Fsp3) is 0.938. The van der Waals surface area contributed by atoms with E-state index in [0.29, 0.717) is 12.6 Å². The molecule has 1 N–H and O–H groups in total. The van der Waals surface area contributed by atoms with Crippen LogP contribution in [0.5, 0.6) is 0 Å². The molecule has 2 saturated heterocycles. The van der Waals surface area contributed by atoms with Crippen molar-refractivity contribution in [1.82, 2.24) is 15.1 Å². The van der Waals surface area contributed by atoms with Gasteiger partial charge in [-0.25, -0.2) is 0 Å². The van der Waals surface area contributed by atoms with Gasteiger partial charge in [0.2, 0.25) is 0 Å². The Morgan fingerprint density at radius 3 is 2.76 bits per heavy atom. The summed E-state index contributed by atoms with van der Waals surface area (Å²) in [7, 11) is 0. The van der Waals surface area contributed by atoms with E-state index in [1.54, 1.807) is 0 Å². The Labute approximate surface area is 129 Å². The minimum atomic E-state index is -0.599. The lowest BCUT2D eigenvalue weighted by atomic mass is 10.0. The van der Waals surface area contributed by atoms with E-state index < -0.39 is 5.54 Å². The van der Waals surface area contributed by atoms with Crippen LogP contribution >= 0.6 is 0 Å². The quantitative estimate of drug-likeness (QED) is 0.744. The molecule has 2 aliphatic rings. The van der Waals surface area contributed by atoms with Crippen LogP contribution in [0.4, 0.5) is 0 Å². The average Bonchev–Trinajstić information content (AvgIpc) is 2.78. The van der Waals surface area contributed by atoms with Gasteiger partial charge in [0.1, 0.15) is 5.54 Å². The van der Waals surface area contributed by atoms with Crippen LogP contribution in [0.2, 0.25) is 0 Å². The molecule has 0 spiro atoms. The second kappa shape index (κ2) is 7.56. The lowest BCUT2D eigenvalue weighted by molar-refractivity contribution is -0.151. The lowest BCUT2D eigenvalue weighted by Crippen LogP contribution is -2.58. The highest BCUT2D eigenvalue weighted by molar-refractivity contribution is 5.80. The van der Waals surface area contributed by atoms with E-state index in [-0.39, 0.29) is 5.97 Å². The van der Waals surface area contributed by atoms with Crippen molar-refractivity contribution >= 4 is 5.97 Å². The predicted octanol–water partition coefficient (Wildman–Crippen LogP) is 1.09. The number of likely N-dealkylation sites (N-methyl/N-ethyl adjacent to an activating group) is 1. The molecule has 0 aromatic heterocycles. The summed E-state index contributed by atoms with van der Waals surface area (Å²) in [5.74, 6) is -0.126. The summed E-state index contributed by atoms with van der Waals surface area (Å²) < 4.78 is 5.28. The number of rotatable bonds is 6. The van der Waals surface area contributed by atoms with Gasteiger partial charge in [0.15, 0.2) is 0 Å². The van der Waals surface area contributed by atoms with Crippen molar-refractivity contribution in [2.75, 3.05) is 45.9 Å². The maximum Gasteiger partial charge on any atom is 0.327 e. The fourth-order valence-electron chi connectivity index (χ4n) is 3.75. The fourth-order valence-corrected chi connectivity index (χ4v) is 3.75. The summed E-state index contributed by atoms with van der Waals surface area (Å²) in [6, 6.07) is 0.681. The molecule has 2 rings (SSSR count). The standard InChI is InChI=1S/C16H31N3O2/c1-4-17-16(3,15(20)21-5-2)13-18-9-7-11-19-10-6-8-14(19)12-18/h14,17H,4-13H2,1-3H3. The minimum absolute atomic E-state index is 0.126. The number of ether oxygens (including phenoxy) is 1. The molecule has 2 aliphatic heterocycles. The smallest absolute Gasteiger partial charge is 0.327 e. The van der Waals surface area contributed by atoms with Gasteiger partial charge in [-0.05, 0) is 59.3 Å². The molecule has 0 aromatic carbocycles. The molecule has 0 aliphatic carbocycles. The Hall–Kier alpha value is -0.650. The van der Waals surface area contributed by atoms with Gasteiger partial charge in [0.25, 0.3) is 0 Å². The highest BCUT2D eigenvalue weighted by Crippen LogP contribution is 2.22. The van der Waals surface area contributed by atoms with Crippen LogP contribution in [0.3, 0.4) is 0 Å². The van der Waals surface area contributed by atoms with E-state index in [1.165, 1.54) is 32.4 Å². The second-order valence-electron chi connectivity index (χ2n) is 6.50. The zero-order valence-electron chi connectivity index (χ0n) is 13.9. The number of esters is 1. The van der Waals surface area contributed by atoms with Crippen LogP contribution < -0.4 is 5.32 Å². The number of nitrogens with one attached hydrogen (secondary N) is 1. The van der Waals surface area contributed by atoms with E-state index >= 15 is 0 Å². The first-order chi connectivity index (χ1) is 10.1. The van der Waals surface area contributed by atoms with Gasteiger partial charge in [-0.1, -0.05) is 6.92 Å². The van der Waals surface area contributed by atoms with Gasteiger partial charge < -0.3 is 10.1 Å². The van der Waals surface area contributed by atoms with Crippen molar-refractivity contribution < 1.29 is 9.53 Å².